The molecule has 0 aliphatic heterocycles. The Kier molecular flexibility index (Phi) is 2.52. The lowest BCUT2D eigenvalue weighted by molar-refractivity contribution is -0.141. The second kappa shape index (κ2) is 3.42. The number of hydrogen-bond donors (Lipinski definition) is 1. The molecule has 0 atom stereocenters. The van der Waals surface area contributed by atoms with Gasteiger partial charge >= 0.3 is 12.0 Å². The second-order valence-electron chi connectivity index (χ2n) is 2.77. The zero-order chi connectivity index (χ0) is 9.14. The summed E-state index contributed by atoms with van der Waals surface area (Å²) in [5.41, 5.74) is 5.06. The van der Waals surface area contributed by atoms with Crippen molar-refractivity contribution in [3.8, 4) is 0 Å². The van der Waals surface area contributed by atoms with Crippen molar-refractivity contribution in [1.29, 1.82) is 0 Å². The molecule has 0 aromatic heterocycles. The lowest BCUT2D eigenvalue weighted by Crippen LogP contribution is -2.41. The number of urea groups is 1. The molecular weight excluding hydrogens is 160 g/mol. The molecule has 1 saturated carbocycles. The first kappa shape index (κ1) is 8.83. The molecular formula is C7H12N2O3. The van der Waals surface area contributed by atoms with Crippen LogP contribution in [0.2, 0.25) is 0 Å². The number of ether oxygens (including phenoxy) is 1. The quantitative estimate of drug-likeness (QED) is 0.594. The van der Waals surface area contributed by atoms with Crippen LogP contribution in [-0.2, 0) is 9.53 Å². The fraction of sp³-hybridized carbons (Fsp3) is 0.714. The van der Waals surface area contributed by atoms with E-state index in [0.29, 0.717) is 0 Å². The van der Waals surface area contributed by atoms with Gasteiger partial charge in [0.2, 0.25) is 0 Å². The first-order chi connectivity index (χ1) is 5.65. The van der Waals surface area contributed by atoms with E-state index < -0.39 is 12.0 Å². The van der Waals surface area contributed by atoms with Gasteiger partial charge in [0, 0.05) is 6.04 Å². The van der Waals surface area contributed by atoms with Crippen LogP contribution in [0.4, 0.5) is 4.79 Å². The third-order valence-corrected chi connectivity index (χ3v) is 1.80. The minimum Gasteiger partial charge on any atom is -0.468 e. The number of nitrogens with two attached hydrogens (primary N) is 1. The molecule has 0 radical (unpaired) electrons. The maximum absolute atomic E-state index is 10.8. The SMILES string of the molecule is COC(=O)CN(C(N)=O)C1CC1. The predicted octanol–water partition coefficient (Wildman–Crippen LogP) is -0.298. The van der Waals surface area contributed by atoms with Crippen LogP contribution >= 0.6 is 0 Å². The normalized spacial score (nSPS) is 15.4. The van der Waals surface area contributed by atoms with Gasteiger partial charge in [0.15, 0.2) is 0 Å². The average molecular weight is 172 g/mol. The lowest BCUT2D eigenvalue weighted by Gasteiger charge is -2.17. The maximum atomic E-state index is 10.8. The number of primary amides is 1. The van der Waals surface area contributed by atoms with E-state index >= 15 is 0 Å². The van der Waals surface area contributed by atoms with E-state index in [9.17, 15) is 9.59 Å². The van der Waals surface area contributed by atoms with Crippen LogP contribution in [0.5, 0.6) is 0 Å². The minimum absolute atomic E-state index is 0.0312. The Morgan fingerprint density at radius 3 is 2.50 bits per heavy atom. The first-order valence-electron chi connectivity index (χ1n) is 3.78. The van der Waals surface area contributed by atoms with Crippen LogP contribution in [-0.4, -0.2) is 36.6 Å². The molecule has 1 rings (SSSR count). The molecule has 1 aliphatic rings. The monoisotopic (exact) mass is 172 g/mol. The van der Waals surface area contributed by atoms with Gasteiger partial charge in [-0.2, -0.15) is 0 Å². The third kappa shape index (κ3) is 2.11. The Bertz CT molecular complexity index is 201. The first-order valence-corrected chi connectivity index (χ1v) is 3.78. The molecule has 5 nitrogen and oxygen atoms in total. The highest BCUT2D eigenvalue weighted by Crippen LogP contribution is 2.26. The van der Waals surface area contributed by atoms with E-state index in [1.165, 1.54) is 12.0 Å². The molecule has 12 heavy (non-hydrogen) atoms. The summed E-state index contributed by atoms with van der Waals surface area (Å²) in [5, 5.41) is 0. The zero-order valence-corrected chi connectivity index (χ0v) is 6.95. The molecule has 1 fully saturated rings. The second-order valence-corrected chi connectivity index (χ2v) is 2.77. The number of rotatable bonds is 3. The molecule has 0 unspecified atom stereocenters. The number of carbonyl (C=O) groups excluding carboxylic acids is 2. The van der Waals surface area contributed by atoms with Crippen LogP contribution in [0.15, 0.2) is 0 Å². The van der Waals surface area contributed by atoms with Gasteiger partial charge in [-0.25, -0.2) is 4.79 Å². The van der Waals surface area contributed by atoms with Crippen molar-refractivity contribution < 1.29 is 14.3 Å². The maximum Gasteiger partial charge on any atom is 0.325 e. The molecule has 0 aromatic carbocycles. The van der Waals surface area contributed by atoms with Crippen LogP contribution in [0.3, 0.4) is 0 Å². The van der Waals surface area contributed by atoms with E-state index in [2.05, 4.69) is 4.74 Å². The van der Waals surface area contributed by atoms with Gasteiger partial charge in [-0.05, 0) is 12.8 Å². The van der Waals surface area contributed by atoms with E-state index in [4.69, 9.17) is 5.73 Å². The average Bonchev–Trinajstić information content (AvgIpc) is 2.81. The smallest absolute Gasteiger partial charge is 0.325 e. The lowest BCUT2D eigenvalue weighted by atomic mass is 10.5. The van der Waals surface area contributed by atoms with Crippen molar-refractivity contribution in [3.63, 3.8) is 0 Å². The summed E-state index contributed by atoms with van der Waals surface area (Å²) < 4.78 is 4.42. The van der Waals surface area contributed by atoms with Crippen molar-refractivity contribution in [2.24, 2.45) is 5.73 Å². The van der Waals surface area contributed by atoms with Crippen molar-refractivity contribution in [2.45, 2.75) is 18.9 Å². The Hall–Kier alpha value is -1.26. The van der Waals surface area contributed by atoms with Crippen LogP contribution in [0, 0.1) is 0 Å². The summed E-state index contributed by atoms with van der Waals surface area (Å²) >= 11 is 0. The molecule has 0 bridgehead atoms. The van der Waals surface area contributed by atoms with Crippen molar-refractivity contribution >= 4 is 12.0 Å². The fourth-order valence-electron chi connectivity index (χ4n) is 0.977. The number of amides is 2. The van der Waals surface area contributed by atoms with E-state index in [1.807, 2.05) is 0 Å². The fourth-order valence-corrected chi connectivity index (χ4v) is 0.977. The van der Waals surface area contributed by atoms with Crippen LogP contribution in [0.1, 0.15) is 12.8 Å². The molecule has 68 valence electrons. The number of hydrogen-bond acceptors (Lipinski definition) is 3. The van der Waals surface area contributed by atoms with Crippen LogP contribution < -0.4 is 5.73 Å². The van der Waals surface area contributed by atoms with E-state index in [-0.39, 0.29) is 12.6 Å². The summed E-state index contributed by atoms with van der Waals surface area (Å²) in [4.78, 5) is 22.9. The van der Waals surface area contributed by atoms with Crippen LogP contribution in [0.25, 0.3) is 0 Å². The predicted molar refractivity (Wildman–Crippen MR) is 41.3 cm³/mol. The molecule has 0 spiro atoms. The summed E-state index contributed by atoms with van der Waals surface area (Å²) in [6.07, 6.45) is 1.86. The molecule has 0 heterocycles. The van der Waals surface area contributed by atoms with Gasteiger partial charge < -0.3 is 15.4 Å². The van der Waals surface area contributed by atoms with Crippen molar-refractivity contribution in [2.75, 3.05) is 13.7 Å². The number of nitrogens with zero attached hydrogens (tertiary/aromatic N) is 1. The van der Waals surface area contributed by atoms with Crippen molar-refractivity contribution in [1.82, 2.24) is 4.90 Å². The van der Waals surface area contributed by atoms with E-state index in [0.717, 1.165) is 12.8 Å². The topological polar surface area (TPSA) is 72.6 Å². The van der Waals surface area contributed by atoms with Gasteiger partial charge in [0.05, 0.1) is 7.11 Å². The Balaban J connectivity index is 2.43. The molecule has 0 saturated heterocycles. The highest BCUT2D eigenvalue weighted by Gasteiger charge is 2.32. The Morgan fingerprint density at radius 2 is 2.17 bits per heavy atom. The Morgan fingerprint density at radius 1 is 1.58 bits per heavy atom. The van der Waals surface area contributed by atoms with Crippen molar-refractivity contribution in [3.05, 3.63) is 0 Å². The van der Waals surface area contributed by atoms with Gasteiger partial charge in [-0.3, -0.25) is 4.79 Å². The van der Waals surface area contributed by atoms with Gasteiger partial charge in [0.1, 0.15) is 6.54 Å². The summed E-state index contributed by atoms with van der Waals surface area (Å²) in [6.45, 7) is -0.0312. The molecule has 0 aromatic rings. The third-order valence-electron chi connectivity index (χ3n) is 1.80. The van der Waals surface area contributed by atoms with Gasteiger partial charge in [0.25, 0.3) is 0 Å². The largest absolute Gasteiger partial charge is 0.468 e. The number of carbonyl (C=O) groups is 2. The van der Waals surface area contributed by atoms with Gasteiger partial charge in [-0.15, -0.1) is 0 Å². The molecule has 2 amide bonds. The highest BCUT2D eigenvalue weighted by atomic mass is 16.5. The summed E-state index contributed by atoms with van der Waals surface area (Å²) in [5.74, 6) is -0.430. The zero-order valence-electron chi connectivity index (χ0n) is 6.95. The summed E-state index contributed by atoms with van der Waals surface area (Å²) in [6, 6.07) is -0.399. The minimum atomic E-state index is -0.553. The molecule has 1 aliphatic carbocycles. The Labute approximate surface area is 70.5 Å². The number of esters is 1. The summed E-state index contributed by atoms with van der Waals surface area (Å²) in [7, 11) is 1.29. The number of methoxy groups -OCH3 is 1. The molecule has 5 heteroatoms. The highest BCUT2D eigenvalue weighted by molar-refractivity contribution is 5.80. The van der Waals surface area contributed by atoms with Gasteiger partial charge in [-0.1, -0.05) is 0 Å². The van der Waals surface area contributed by atoms with E-state index in [1.54, 1.807) is 0 Å². The molecule has 2 N–H and O–H groups in total. The standard InChI is InChI=1S/C7H12N2O3/c1-12-6(10)4-9(7(8)11)5-2-3-5/h5H,2-4H2,1H3,(H2,8,11).